The molecule has 0 unspecified atom stereocenters. The summed E-state index contributed by atoms with van der Waals surface area (Å²) in [6.45, 7) is 4.72. The number of nitrogens with one attached hydrogen (secondary N) is 1. The van der Waals surface area contributed by atoms with Crippen LogP contribution in [-0.2, 0) is 10.0 Å². The van der Waals surface area contributed by atoms with Crippen LogP contribution in [0, 0.1) is 13.8 Å². The van der Waals surface area contributed by atoms with Crippen molar-refractivity contribution in [2.24, 2.45) is 0 Å². The summed E-state index contributed by atoms with van der Waals surface area (Å²) in [7, 11) is -3.57. The van der Waals surface area contributed by atoms with Crippen LogP contribution in [0.1, 0.15) is 47.3 Å². The molecule has 1 aromatic carbocycles. The number of rotatable bonds is 4. The second-order valence-corrected chi connectivity index (χ2v) is 8.85. The maximum Gasteiger partial charge on any atom is 0.257 e. The molecule has 1 fully saturated rings. The summed E-state index contributed by atoms with van der Waals surface area (Å²) in [6.07, 6.45) is 5.40. The van der Waals surface area contributed by atoms with E-state index in [0.29, 0.717) is 29.9 Å². The Balaban J connectivity index is 1.85. The SMILES string of the molecule is Cc1ccc(C(=O)Nc2ccc(C)c(S(=O)(=O)N3CCCCCC3)c2)cn1. The van der Waals surface area contributed by atoms with E-state index in [1.165, 1.54) is 6.20 Å². The van der Waals surface area contributed by atoms with E-state index in [2.05, 4.69) is 10.3 Å². The molecule has 6 nitrogen and oxygen atoms in total. The summed E-state index contributed by atoms with van der Waals surface area (Å²) in [5.74, 6) is -0.315. The monoisotopic (exact) mass is 387 g/mol. The van der Waals surface area contributed by atoms with E-state index in [4.69, 9.17) is 0 Å². The number of hydrogen-bond acceptors (Lipinski definition) is 4. The van der Waals surface area contributed by atoms with Crippen molar-refractivity contribution in [1.29, 1.82) is 0 Å². The van der Waals surface area contributed by atoms with Gasteiger partial charge in [0.15, 0.2) is 0 Å². The molecule has 1 aromatic heterocycles. The van der Waals surface area contributed by atoms with Gasteiger partial charge in [-0.2, -0.15) is 4.31 Å². The van der Waals surface area contributed by atoms with Crippen molar-refractivity contribution in [2.75, 3.05) is 18.4 Å². The van der Waals surface area contributed by atoms with Gasteiger partial charge >= 0.3 is 0 Å². The van der Waals surface area contributed by atoms with Crippen LogP contribution >= 0.6 is 0 Å². The summed E-state index contributed by atoms with van der Waals surface area (Å²) >= 11 is 0. The summed E-state index contributed by atoms with van der Waals surface area (Å²) in [5.41, 5.74) is 2.39. The van der Waals surface area contributed by atoms with Crippen molar-refractivity contribution in [3.8, 4) is 0 Å². The van der Waals surface area contributed by atoms with E-state index < -0.39 is 10.0 Å². The Bertz CT molecular complexity index is 916. The maximum atomic E-state index is 13.1. The summed E-state index contributed by atoms with van der Waals surface area (Å²) in [4.78, 5) is 16.8. The number of amides is 1. The third-order valence-corrected chi connectivity index (χ3v) is 6.84. The zero-order valence-electron chi connectivity index (χ0n) is 15.7. The molecule has 0 atom stereocenters. The van der Waals surface area contributed by atoms with E-state index in [1.54, 1.807) is 41.6 Å². The van der Waals surface area contributed by atoms with Gasteiger partial charge in [0.1, 0.15) is 0 Å². The Morgan fingerprint density at radius 1 is 1.04 bits per heavy atom. The average Bonchev–Trinajstić information content (AvgIpc) is 2.93. The van der Waals surface area contributed by atoms with Crippen LogP contribution in [0.4, 0.5) is 5.69 Å². The highest BCUT2D eigenvalue weighted by Gasteiger charge is 2.27. The second-order valence-electron chi connectivity index (χ2n) is 6.94. The largest absolute Gasteiger partial charge is 0.322 e. The molecule has 1 aliphatic rings. The van der Waals surface area contributed by atoms with Crippen LogP contribution in [0.2, 0.25) is 0 Å². The van der Waals surface area contributed by atoms with Crippen molar-refractivity contribution in [1.82, 2.24) is 9.29 Å². The van der Waals surface area contributed by atoms with Crippen LogP contribution in [0.3, 0.4) is 0 Å². The molecule has 0 bridgehead atoms. The first-order valence-corrected chi connectivity index (χ1v) is 10.7. The number of benzene rings is 1. The van der Waals surface area contributed by atoms with Crippen molar-refractivity contribution in [3.05, 3.63) is 53.3 Å². The van der Waals surface area contributed by atoms with Gasteiger partial charge in [0.25, 0.3) is 5.91 Å². The Labute approximate surface area is 160 Å². The number of nitrogens with zero attached hydrogens (tertiary/aromatic N) is 2. The number of anilines is 1. The summed E-state index contributed by atoms with van der Waals surface area (Å²) in [6, 6.07) is 8.46. The van der Waals surface area contributed by atoms with Crippen LogP contribution in [-0.4, -0.2) is 36.7 Å². The first-order chi connectivity index (χ1) is 12.9. The smallest absolute Gasteiger partial charge is 0.257 e. The summed E-state index contributed by atoms with van der Waals surface area (Å²) in [5, 5.41) is 2.77. The predicted octanol–water partition coefficient (Wildman–Crippen LogP) is 3.52. The molecule has 1 saturated heterocycles. The van der Waals surface area contributed by atoms with Gasteiger partial charge < -0.3 is 5.32 Å². The van der Waals surface area contributed by atoms with E-state index in [9.17, 15) is 13.2 Å². The first-order valence-electron chi connectivity index (χ1n) is 9.23. The topological polar surface area (TPSA) is 79.4 Å². The van der Waals surface area contributed by atoms with Crippen LogP contribution < -0.4 is 5.32 Å². The van der Waals surface area contributed by atoms with Gasteiger partial charge in [-0.25, -0.2) is 8.42 Å². The third kappa shape index (κ3) is 4.54. The zero-order chi connectivity index (χ0) is 19.4. The Kier molecular flexibility index (Phi) is 5.92. The normalized spacial score (nSPS) is 15.9. The fourth-order valence-corrected chi connectivity index (χ4v) is 4.95. The van der Waals surface area contributed by atoms with Crippen LogP contribution in [0.25, 0.3) is 0 Å². The molecule has 27 heavy (non-hydrogen) atoms. The minimum Gasteiger partial charge on any atom is -0.322 e. The average molecular weight is 388 g/mol. The van der Waals surface area contributed by atoms with Gasteiger partial charge in [-0.3, -0.25) is 9.78 Å². The van der Waals surface area contributed by atoms with E-state index >= 15 is 0 Å². The number of aryl methyl sites for hydroxylation is 2. The number of aromatic nitrogens is 1. The minimum absolute atomic E-state index is 0.254. The minimum atomic E-state index is -3.57. The lowest BCUT2D eigenvalue weighted by molar-refractivity contribution is 0.102. The van der Waals surface area contributed by atoms with Crippen molar-refractivity contribution in [2.45, 2.75) is 44.4 Å². The zero-order valence-corrected chi connectivity index (χ0v) is 16.6. The highest BCUT2D eigenvalue weighted by atomic mass is 32.2. The Hall–Kier alpha value is -2.25. The highest BCUT2D eigenvalue weighted by Crippen LogP contribution is 2.26. The number of carbonyl (C=O) groups is 1. The van der Waals surface area contributed by atoms with E-state index in [1.807, 2.05) is 6.92 Å². The highest BCUT2D eigenvalue weighted by molar-refractivity contribution is 7.89. The van der Waals surface area contributed by atoms with Gasteiger partial charge in [-0.05, 0) is 56.5 Å². The molecule has 2 heterocycles. The number of carbonyl (C=O) groups excluding carboxylic acids is 1. The lowest BCUT2D eigenvalue weighted by Gasteiger charge is -2.21. The molecule has 0 saturated carbocycles. The van der Waals surface area contributed by atoms with Crippen molar-refractivity contribution < 1.29 is 13.2 Å². The second kappa shape index (κ2) is 8.19. The van der Waals surface area contributed by atoms with Gasteiger partial charge in [-0.15, -0.1) is 0 Å². The Morgan fingerprint density at radius 3 is 2.37 bits per heavy atom. The van der Waals surface area contributed by atoms with Gasteiger partial charge in [0.2, 0.25) is 10.0 Å². The predicted molar refractivity (Wildman–Crippen MR) is 105 cm³/mol. The molecule has 0 radical (unpaired) electrons. The number of hydrogen-bond donors (Lipinski definition) is 1. The first kappa shape index (κ1) is 19.5. The van der Waals surface area contributed by atoms with E-state index in [-0.39, 0.29) is 10.8 Å². The van der Waals surface area contributed by atoms with Crippen molar-refractivity contribution in [3.63, 3.8) is 0 Å². The molecule has 2 aromatic rings. The standard InChI is InChI=1S/C20H25N3O3S/c1-15-7-10-18(22-20(24)17-9-8-16(2)21-14-17)13-19(15)27(25,26)23-11-5-3-4-6-12-23/h7-10,13-14H,3-6,11-12H2,1-2H3,(H,22,24). The van der Waals surface area contributed by atoms with Gasteiger partial charge in [0, 0.05) is 30.7 Å². The van der Waals surface area contributed by atoms with Gasteiger partial charge in [-0.1, -0.05) is 18.9 Å². The molecular formula is C20H25N3O3S. The molecule has 1 N–H and O–H groups in total. The summed E-state index contributed by atoms with van der Waals surface area (Å²) < 4.78 is 27.8. The number of sulfonamides is 1. The Morgan fingerprint density at radius 2 is 1.74 bits per heavy atom. The fourth-order valence-electron chi connectivity index (χ4n) is 3.18. The molecule has 1 amide bonds. The lowest BCUT2D eigenvalue weighted by atomic mass is 10.2. The molecule has 7 heteroatoms. The van der Waals surface area contributed by atoms with Crippen LogP contribution in [0.5, 0.6) is 0 Å². The maximum absolute atomic E-state index is 13.1. The quantitative estimate of drug-likeness (QED) is 0.871. The molecule has 3 rings (SSSR count). The lowest BCUT2D eigenvalue weighted by Crippen LogP contribution is -2.32. The molecule has 0 spiro atoms. The molecule has 144 valence electrons. The van der Waals surface area contributed by atoms with E-state index in [0.717, 1.165) is 31.4 Å². The van der Waals surface area contributed by atoms with Crippen molar-refractivity contribution >= 4 is 21.6 Å². The number of pyridine rings is 1. The van der Waals surface area contributed by atoms with Gasteiger partial charge in [0.05, 0.1) is 10.5 Å². The molecule has 1 aliphatic heterocycles. The molecule has 0 aliphatic carbocycles. The fraction of sp³-hybridized carbons (Fsp3) is 0.400. The third-order valence-electron chi connectivity index (χ3n) is 4.80. The van der Waals surface area contributed by atoms with Crippen LogP contribution in [0.15, 0.2) is 41.4 Å². The molecular weight excluding hydrogens is 362 g/mol.